The van der Waals surface area contributed by atoms with Crippen LogP contribution < -0.4 is 4.72 Å². The molecule has 0 spiro atoms. The first kappa shape index (κ1) is 24.9. The number of carboxylic acid groups (broad SMARTS) is 1. The van der Waals surface area contributed by atoms with E-state index in [1.807, 2.05) is 77.5 Å². The van der Waals surface area contributed by atoms with Gasteiger partial charge in [0, 0.05) is 11.8 Å². The van der Waals surface area contributed by atoms with Gasteiger partial charge in [0.1, 0.15) is 0 Å². The van der Waals surface area contributed by atoms with Gasteiger partial charge in [0.2, 0.25) is 10.0 Å². The van der Waals surface area contributed by atoms with Crippen LogP contribution in [0, 0.1) is 0 Å². The molecule has 1 atom stereocenters. The van der Waals surface area contributed by atoms with Crippen molar-refractivity contribution in [1.82, 2.24) is 14.5 Å². The van der Waals surface area contributed by atoms with Gasteiger partial charge in [0.15, 0.2) is 5.41 Å². The van der Waals surface area contributed by atoms with Crippen LogP contribution in [0.5, 0.6) is 0 Å². The van der Waals surface area contributed by atoms with Crippen molar-refractivity contribution in [2.24, 2.45) is 0 Å². The predicted molar refractivity (Wildman–Crippen MR) is 138 cm³/mol. The van der Waals surface area contributed by atoms with Crippen LogP contribution in [-0.4, -0.2) is 40.9 Å². The van der Waals surface area contributed by atoms with Gasteiger partial charge >= 0.3 is 5.97 Å². The first-order valence-electron chi connectivity index (χ1n) is 11.2. The van der Waals surface area contributed by atoms with Gasteiger partial charge < -0.3 is 5.11 Å². The molecule has 1 amide bonds. The Bertz CT molecular complexity index is 1540. The van der Waals surface area contributed by atoms with Crippen molar-refractivity contribution in [1.29, 1.82) is 0 Å². The van der Waals surface area contributed by atoms with E-state index in [0.29, 0.717) is 6.54 Å². The Labute approximate surface area is 208 Å². The monoisotopic (exact) mass is 503 g/mol. The normalized spacial score (nSPS) is 13.5. The van der Waals surface area contributed by atoms with E-state index >= 15 is 0 Å². The van der Waals surface area contributed by atoms with Crippen molar-refractivity contribution < 1.29 is 23.1 Å². The first-order chi connectivity index (χ1) is 17.2. The molecular formula is C27H25N3O5S. The number of amides is 1. The number of hydrogen-bond donors (Lipinski definition) is 2. The number of rotatable bonds is 9. The minimum absolute atomic E-state index is 0.0744. The van der Waals surface area contributed by atoms with E-state index in [2.05, 4.69) is 5.10 Å². The Kier molecular flexibility index (Phi) is 7.03. The highest BCUT2D eigenvalue weighted by molar-refractivity contribution is 7.90. The van der Waals surface area contributed by atoms with Gasteiger partial charge in [-0.05, 0) is 34.9 Å². The number of carbonyl (C=O) groups excluding carboxylic acids is 1. The summed E-state index contributed by atoms with van der Waals surface area (Å²) in [5, 5.41) is 16.1. The Hall–Kier alpha value is -4.24. The van der Waals surface area contributed by atoms with Crippen LogP contribution in [0.4, 0.5) is 0 Å². The highest BCUT2D eigenvalue weighted by Gasteiger charge is 2.45. The molecule has 1 unspecified atom stereocenters. The summed E-state index contributed by atoms with van der Waals surface area (Å²) < 4.78 is 28.6. The minimum atomic E-state index is -4.14. The lowest BCUT2D eigenvalue weighted by Gasteiger charge is -2.22. The number of aromatic nitrogens is 2. The largest absolute Gasteiger partial charge is 0.480 e. The van der Waals surface area contributed by atoms with Gasteiger partial charge in [-0.25, -0.2) is 8.42 Å². The average molecular weight is 504 g/mol. The van der Waals surface area contributed by atoms with Gasteiger partial charge in [-0.15, -0.1) is 0 Å². The quantitative estimate of drug-likeness (QED) is 0.337. The van der Waals surface area contributed by atoms with E-state index in [9.17, 15) is 23.1 Å². The number of hydrogen-bond acceptors (Lipinski definition) is 5. The van der Waals surface area contributed by atoms with E-state index in [1.54, 1.807) is 6.08 Å². The second-order valence-corrected chi connectivity index (χ2v) is 10.3. The lowest BCUT2D eigenvalue weighted by Crippen LogP contribution is -2.50. The van der Waals surface area contributed by atoms with E-state index in [1.165, 1.54) is 23.2 Å². The maximum Gasteiger partial charge on any atom is 0.323 e. The number of aliphatic carboxylic acids is 1. The number of carbonyl (C=O) groups is 2. The molecule has 0 bridgehead atoms. The molecule has 1 heterocycles. The predicted octanol–water partition coefficient (Wildman–Crippen LogP) is 3.59. The van der Waals surface area contributed by atoms with Crippen molar-refractivity contribution in [2.75, 3.05) is 5.75 Å². The zero-order chi connectivity index (χ0) is 25.8. The van der Waals surface area contributed by atoms with Crippen molar-refractivity contribution >= 4 is 38.7 Å². The Morgan fingerprint density at radius 1 is 1.03 bits per heavy atom. The molecule has 4 rings (SSSR count). The Morgan fingerprint density at radius 2 is 1.72 bits per heavy atom. The number of sulfonamides is 1. The molecule has 36 heavy (non-hydrogen) atoms. The maximum atomic E-state index is 12.9. The van der Waals surface area contributed by atoms with Crippen LogP contribution in [0.2, 0.25) is 0 Å². The van der Waals surface area contributed by atoms with Crippen LogP contribution in [0.1, 0.15) is 23.6 Å². The molecule has 9 heteroatoms. The molecule has 0 aliphatic heterocycles. The molecule has 0 radical (unpaired) electrons. The minimum Gasteiger partial charge on any atom is -0.480 e. The number of fused-ring (bicyclic) bond motifs is 1. The van der Waals surface area contributed by atoms with Crippen molar-refractivity contribution in [3.05, 3.63) is 108 Å². The molecule has 1 aromatic heterocycles. The summed E-state index contributed by atoms with van der Waals surface area (Å²) in [4.78, 5) is 25.1. The maximum absolute atomic E-state index is 12.9. The lowest BCUT2D eigenvalue weighted by atomic mass is 9.84. The van der Waals surface area contributed by atoms with Gasteiger partial charge in [-0.1, -0.05) is 78.9 Å². The van der Waals surface area contributed by atoms with Gasteiger partial charge in [-0.2, -0.15) is 5.10 Å². The Morgan fingerprint density at radius 3 is 2.44 bits per heavy atom. The third-order valence-electron chi connectivity index (χ3n) is 5.93. The molecular weight excluding hydrogens is 478 g/mol. The van der Waals surface area contributed by atoms with Crippen LogP contribution in [0.3, 0.4) is 0 Å². The second-order valence-electron chi connectivity index (χ2n) is 8.56. The van der Waals surface area contributed by atoms with Crippen molar-refractivity contribution in [3.8, 4) is 0 Å². The molecule has 8 nitrogen and oxygen atoms in total. The first-order valence-corrected chi connectivity index (χ1v) is 12.8. The van der Waals surface area contributed by atoms with E-state index < -0.39 is 33.1 Å². The molecule has 2 N–H and O–H groups in total. The molecule has 184 valence electrons. The van der Waals surface area contributed by atoms with E-state index in [0.717, 1.165) is 28.8 Å². The SMILES string of the molecule is CC(C(=O)O)(C(=O)NS(=O)(=O)CC=Cc1ccc2ccccc2c1)c1cnn(Cc2ccccc2)c1. The highest BCUT2D eigenvalue weighted by atomic mass is 32.2. The summed E-state index contributed by atoms with van der Waals surface area (Å²) in [6.07, 6.45) is 5.76. The summed E-state index contributed by atoms with van der Waals surface area (Å²) in [6.45, 7) is 1.53. The molecule has 0 fully saturated rings. The van der Waals surface area contributed by atoms with E-state index in [-0.39, 0.29) is 5.56 Å². The molecule has 0 aliphatic rings. The summed E-state index contributed by atoms with van der Waals surface area (Å²) >= 11 is 0. The highest BCUT2D eigenvalue weighted by Crippen LogP contribution is 2.25. The van der Waals surface area contributed by atoms with E-state index in [4.69, 9.17) is 0 Å². The molecule has 0 saturated heterocycles. The second kappa shape index (κ2) is 10.2. The summed E-state index contributed by atoms with van der Waals surface area (Å²) in [5.41, 5.74) is -0.333. The fraction of sp³-hybridized carbons (Fsp3) is 0.148. The van der Waals surface area contributed by atoms with Crippen LogP contribution in [-0.2, 0) is 31.6 Å². The van der Waals surface area contributed by atoms with Gasteiger partial charge in [-0.3, -0.25) is 19.0 Å². The molecule has 4 aromatic rings. The van der Waals surface area contributed by atoms with Gasteiger partial charge in [0.25, 0.3) is 5.91 Å². The average Bonchev–Trinajstić information content (AvgIpc) is 3.32. The summed E-state index contributed by atoms with van der Waals surface area (Å²) in [5.74, 6) is -3.14. The third-order valence-corrected chi connectivity index (χ3v) is 7.06. The van der Waals surface area contributed by atoms with Crippen molar-refractivity contribution in [3.63, 3.8) is 0 Å². The van der Waals surface area contributed by atoms with Crippen LogP contribution in [0.25, 0.3) is 16.8 Å². The number of nitrogens with one attached hydrogen (secondary N) is 1. The van der Waals surface area contributed by atoms with Gasteiger partial charge in [0.05, 0.1) is 18.5 Å². The third kappa shape index (κ3) is 5.52. The zero-order valence-electron chi connectivity index (χ0n) is 19.5. The number of benzene rings is 3. The van der Waals surface area contributed by atoms with Crippen LogP contribution >= 0.6 is 0 Å². The standard InChI is InChI=1S/C27H25N3O5S/c1-27(26(32)33,24-17-28-30(19-24)18-21-8-3-2-4-9-21)25(31)29-36(34,35)15-7-10-20-13-14-22-11-5-6-12-23(22)16-20/h2-14,16-17,19H,15,18H2,1H3,(H,29,31)(H,32,33). The smallest absolute Gasteiger partial charge is 0.323 e. The zero-order valence-corrected chi connectivity index (χ0v) is 20.4. The molecule has 0 aliphatic carbocycles. The number of carboxylic acids is 1. The summed E-state index contributed by atoms with van der Waals surface area (Å²) in [6, 6.07) is 22.9. The topological polar surface area (TPSA) is 118 Å². The fourth-order valence-corrected chi connectivity index (χ4v) is 4.66. The molecule has 0 saturated carbocycles. The molecule has 3 aromatic carbocycles. The fourth-order valence-electron chi connectivity index (χ4n) is 3.74. The lowest BCUT2D eigenvalue weighted by molar-refractivity contribution is -0.148. The number of nitrogens with zero attached hydrogens (tertiary/aromatic N) is 2. The summed E-state index contributed by atoms with van der Waals surface area (Å²) in [7, 11) is -4.14. The van der Waals surface area contributed by atoms with Crippen molar-refractivity contribution in [2.45, 2.75) is 18.9 Å². The Balaban J connectivity index is 1.46. The van der Waals surface area contributed by atoms with Crippen LogP contribution in [0.15, 0.2) is 91.3 Å².